The second kappa shape index (κ2) is 17.6. The first kappa shape index (κ1) is 33.2. The average Bonchev–Trinajstić information content (AvgIpc) is 3.01. The maximum Gasteiger partial charge on any atom is 0.343 e. The Balaban J connectivity index is 2.23. The fraction of sp³-hybridized carbons (Fsp3) is 0.138. The van der Waals surface area contributed by atoms with Crippen LogP contribution in [0.4, 0.5) is 0 Å². The molecule has 2 rings (SSSR count). The molecule has 0 bridgehead atoms. The van der Waals surface area contributed by atoms with E-state index in [1.807, 2.05) is 0 Å². The molecule has 2 aromatic carbocycles. The summed E-state index contributed by atoms with van der Waals surface area (Å²) < 4.78 is 46.0. The summed E-state index contributed by atoms with van der Waals surface area (Å²) in [5.74, 6) is -3.89. The Morgan fingerprint density at radius 2 is 0.884 bits per heavy atom. The lowest BCUT2D eigenvalue weighted by Crippen LogP contribution is -2.13. The zero-order chi connectivity index (χ0) is 31.6. The molecule has 0 saturated heterocycles. The average molecular weight is 599 g/mol. The quantitative estimate of drug-likeness (QED) is 0.0806. The van der Waals surface area contributed by atoms with Gasteiger partial charge in [-0.15, -0.1) is 0 Å². The zero-order valence-corrected chi connectivity index (χ0v) is 22.6. The predicted octanol–water partition coefficient (Wildman–Crippen LogP) is 3.17. The molecule has 0 spiro atoms. The van der Waals surface area contributed by atoms with E-state index in [1.165, 1.54) is 36.4 Å². The van der Waals surface area contributed by atoms with Gasteiger partial charge in [-0.3, -0.25) is 0 Å². The van der Waals surface area contributed by atoms with Crippen LogP contribution in [-0.2, 0) is 38.1 Å². The Morgan fingerprint density at radius 3 is 1.30 bits per heavy atom. The minimum absolute atomic E-state index is 0.0236. The first-order valence-electron chi connectivity index (χ1n) is 11.9. The van der Waals surface area contributed by atoms with Gasteiger partial charge in [0.15, 0.2) is 23.0 Å². The highest BCUT2D eigenvalue weighted by atomic mass is 16.7. The number of benzene rings is 2. The summed E-state index contributed by atoms with van der Waals surface area (Å²) in [5.41, 5.74) is -0.0282. The van der Waals surface area contributed by atoms with Gasteiger partial charge in [-0.2, -0.15) is 0 Å². The Bertz CT molecular complexity index is 1380. The molecule has 14 nitrogen and oxygen atoms in total. The first-order chi connectivity index (χ1) is 20.7. The maximum absolute atomic E-state index is 12.9. The van der Waals surface area contributed by atoms with Gasteiger partial charge in [0.1, 0.15) is 5.75 Å². The van der Waals surface area contributed by atoms with Gasteiger partial charge in [0, 0.05) is 30.4 Å². The molecular formula is C29H26O14. The van der Waals surface area contributed by atoms with Gasteiger partial charge in [-0.25, -0.2) is 24.0 Å². The second-order valence-corrected chi connectivity index (χ2v) is 7.38. The van der Waals surface area contributed by atoms with Gasteiger partial charge in [-0.05, 0) is 30.3 Å². The van der Waals surface area contributed by atoms with Crippen molar-refractivity contribution in [3.8, 4) is 28.7 Å². The largest absolute Gasteiger partial charge is 0.453 e. The van der Waals surface area contributed by atoms with E-state index in [0.29, 0.717) is 0 Å². The van der Waals surface area contributed by atoms with Crippen molar-refractivity contribution in [2.75, 3.05) is 27.2 Å². The number of carbonyl (C=O) groups excluding carboxylic acids is 5. The van der Waals surface area contributed by atoms with Gasteiger partial charge in [-0.1, -0.05) is 26.3 Å². The molecule has 0 atom stereocenters. The van der Waals surface area contributed by atoms with Crippen molar-refractivity contribution in [2.24, 2.45) is 0 Å². The Morgan fingerprint density at radius 1 is 0.512 bits per heavy atom. The summed E-state index contributed by atoms with van der Waals surface area (Å²) in [7, 11) is 0. The summed E-state index contributed by atoms with van der Waals surface area (Å²) in [5, 5.41) is 0. The summed E-state index contributed by atoms with van der Waals surface area (Å²) in [6.45, 7) is 11.0. The summed E-state index contributed by atoms with van der Waals surface area (Å²) in [6, 6.07) is 7.83. The monoisotopic (exact) mass is 598 g/mol. The van der Waals surface area contributed by atoms with Crippen molar-refractivity contribution in [3.63, 3.8) is 0 Å². The van der Waals surface area contributed by atoms with Crippen LogP contribution in [0.2, 0.25) is 0 Å². The van der Waals surface area contributed by atoms with Crippen molar-refractivity contribution in [1.29, 1.82) is 0 Å². The van der Waals surface area contributed by atoms with Crippen LogP contribution in [0.3, 0.4) is 0 Å². The van der Waals surface area contributed by atoms with Crippen molar-refractivity contribution in [2.45, 2.75) is 0 Å². The topological polar surface area (TPSA) is 168 Å². The van der Waals surface area contributed by atoms with Crippen molar-refractivity contribution in [1.82, 2.24) is 0 Å². The van der Waals surface area contributed by atoms with Gasteiger partial charge in [0.25, 0.3) is 0 Å². The lowest BCUT2D eigenvalue weighted by molar-refractivity contribution is -0.146. The van der Waals surface area contributed by atoms with Crippen LogP contribution in [0.1, 0.15) is 10.4 Å². The molecule has 2 aromatic rings. The SMILES string of the molecule is C=CC(=O)OCOc1ccc(OC(=O)c2ccc(OCOC(=O)C=C)c(OCOC(=O)C=C)c2)cc1OCOC(=O)C=C. The van der Waals surface area contributed by atoms with Crippen molar-refractivity contribution >= 4 is 29.8 Å². The van der Waals surface area contributed by atoms with Crippen LogP contribution in [0.15, 0.2) is 87.0 Å². The van der Waals surface area contributed by atoms with E-state index in [1.54, 1.807) is 0 Å². The standard InChI is InChI=1S/C29H26O14/c1-5-25(30)39-15-35-21-11-9-19(13-23(21)37-17-41-27(32)7-3)29(34)43-20-10-12-22(36-16-40-26(31)6-2)24(14-20)38-18-42-28(33)8-4/h5-14H,1-4,15-18H2. The number of carbonyl (C=O) groups is 5. The molecule has 0 radical (unpaired) electrons. The molecule has 0 saturated carbocycles. The lowest BCUT2D eigenvalue weighted by Gasteiger charge is -2.15. The molecular weight excluding hydrogens is 572 g/mol. The fourth-order valence-corrected chi connectivity index (χ4v) is 2.66. The lowest BCUT2D eigenvalue weighted by atomic mass is 10.2. The molecule has 0 aliphatic heterocycles. The van der Waals surface area contributed by atoms with E-state index < -0.39 is 57.0 Å². The van der Waals surface area contributed by atoms with Crippen LogP contribution < -0.4 is 23.7 Å². The number of rotatable bonds is 18. The van der Waals surface area contributed by atoms with Crippen molar-refractivity contribution < 1.29 is 66.6 Å². The first-order valence-corrected chi connectivity index (χ1v) is 11.9. The third kappa shape index (κ3) is 11.5. The Hall–Kier alpha value is -6.05. The van der Waals surface area contributed by atoms with Crippen LogP contribution in [0.25, 0.3) is 0 Å². The van der Waals surface area contributed by atoms with Gasteiger partial charge >= 0.3 is 29.8 Å². The molecule has 0 fully saturated rings. The van der Waals surface area contributed by atoms with Crippen LogP contribution >= 0.6 is 0 Å². The van der Waals surface area contributed by atoms with Crippen LogP contribution in [0.5, 0.6) is 28.7 Å². The number of esters is 5. The van der Waals surface area contributed by atoms with E-state index in [0.717, 1.165) is 24.3 Å². The summed E-state index contributed by atoms with van der Waals surface area (Å²) >= 11 is 0. The van der Waals surface area contributed by atoms with E-state index >= 15 is 0 Å². The summed E-state index contributed by atoms with van der Waals surface area (Å²) in [6.07, 6.45) is 3.74. The minimum atomic E-state index is -0.866. The van der Waals surface area contributed by atoms with E-state index in [9.17, 15) is 24.0 Å². The number of hydrogen-bond donors (Lipinski definition) is 0. The maximum atomic E-state index is 12.9. The van der Waals surface area contributed by atoms with E-state index in [4.69, 9.17) is 42.6 Å². The molecule has 0 aliphatic rings. The van der Waals surface area contributed by atoms with Gasteiger partial charge < -0.3 is 42.6 Å². The minimum Gasteiger partial charge on any atom is -0.453 e. The molecule has 0 aromatic heterocycles. The third-order valence-corrected chi connectivity index (χ3v) is 4.63. The molecule has 0 amide bonds. The highest BCUT2D eigenvalue weighted by Crippen LogP contribution is 2.33. The normalized spacial score (nSPS) is 9.67. The molecule has 43 heavy (non-hydrogen) atoms. The van der Waals surface area contributed by atoms with Crippen LogP contribution in [0, 0.1) is 0 Å². The molecule has 226 valence electrons. The molecule has 14 heteroatoms. The van der Waals surface area contributed by atoms with Gasteiger partial charge in [0.05, 0.1) is 5.56 Å². The highest BCUT2D eigenvalue weighted by molar-refractivity contribution is 5.92. The zero-order valence-electron chi connectivity index (χ0n) is 22.6. The molecule has 0 unspecified atom stereocenters. The number of ether oxygens (including phenoxy) is 9. The Labute approximate surface area is 245 Å². The second-order valence-electron chi connectivity index (χ2n) is 7.38. The fourth-order valence-electron chi connectivity index (χ4n) is 2.66. The van der Waals surface area contributed by atoms with Gasteiger partial charge in [0.2, 0.25) is 27.2 Å². The van der Waals surface area contributed by atoms with E-state index in [2.05, 4.69) is 26.3 Å². The van der Waals surface area contributed by atoms with Crippen molar-refractivity contribution in [3.05, 3.63) is 92.6 Å². The molecule has 0 aliphatic carbocycles. The Kier molecular flexibility index (Phi) is 13.6. The smallest absolute Gasteiger partial charge is 0.343 e. The highest BCUT2D eigenvalue weighted by Gasteiger charge is 2.17. The summed E-state index contributed by atoms with van der Waals surface area (Å²) in [4.78, 5) is 58.2. The number of hydrogen-bond acceptors (Lipinski definition) is 14. The van der Waals surface area contributed by atoms with E-state index in [-0.39, 0.29) is 34.3 Å². The third-order valence-electron chi connectivity index (χ3n) is 4.63. The molecule has 0 N–H and O–H groups in total. The van der Waals surface area contributed by atoms with Crippen LogP contribution in [-0.4, -0.2) is 57.0 Å². The predicted molar refractivity (Wildman–Crippen MR) is 145 cm³/mol. The molecule has 0 heterocycles.